The predicted molar refractivity (Wildman–Crippen MR) is 39.7 cm³/mol. The molecule has 0 atom stereocenters. The van der Waals surface area contributed by atoms with Crippen LogP contribution in [0.1, 0.15) is 16.0 Å². The van der Waals surface area contributed by atoms with E-state index < -0.39 is 0 Å². The summed E-state index contributed by atoms with van der Waals surface area (Å²) in [6, 6.07) is 0. The highest BCUT2D eigenvalue weighted by molar-refractivity contribution is 7.10. The highest BCUT2D eigenvalue weighted by Gasteiger charge is 2.00. The fourth-order valence-corrected chi connectivity index (χ4v) is 1.60. The molecule has 2 heteroatoms. The van der Waals surface area contributed by atoms with Crippen molar-refractivity contribution in [3.8, 4) is 0 Å². The molecule has 1 aromatic rings. The van der Waals surface area contributed by atoms with Gasteiger partial charge >= 0.3 is 0 Å². The average Bonchev–Trinajstić information content (AvgIpc) is 2.15. The van der Waals surface area contributed by atoms with Crippen LogP contribution in [0.2, 0.25) is 0 Å². The summed E-state index contributed by atoms with van der Waals surface area (Å²) in [4.78, 5) is 1.30. The largest absolute Gasteiger partial charge is 0.392 e. The summed E-state index contributed by atoms with van der Waals surface area (Å²) in [5.41, 5.74) is 2.31. The second kappa shape index (κ2) is 2.50. The van der Waals surface area contributed by atoms with E-state index in [1.807, 2.05) is 12.3 Å². The molecule has 9 heavy (non-hydrogen) atoms. The standard InChI is InChI=1S/C7H10OS/c1-5-6(2)9-4-7(5)3-8/h4,8H,3H2,1-2H3. The van der Waals surface area contributed by atoms with Gasteiger partial charge in [0.05, 0.1) is 6.61 Å². The normalized spacial score (nSPS) is 10.1. The molecule has 0 amide bonds. The first-order valence-electron chi connectivity index (χ1n) is 2.90. The SMILES string of the molecule is Cc1scc(CO)c1C. The van der Waals surface area contributed by atoms with E-state index in [4.69, 9.17) is 5.11 Å². The predicted octanol–water partition coefficient (Wildman–Crippen LogP) is 1.86. The third-order valence-electron chi connectivity index (χ3n) is 1.56. The Morgan fingerprint density at radius 1 is 1.56 bits per heavy atom. The summed E-state index contributed by atoms with van der Waals surface area (Å²) in [6.07, 6.45) is 0. The molecule has 0 fully saturated rings. The number of aliphatic hydroxyl groups excluding tert-OH is 1. The van der Waals surface area contributed by atoms with E-state index in [9.17, 15) is 0 Å². The zero-order valence-electron chi connectivity index (χ0n) is 5.64. The Kier molecular flexibility index (Phi) is 1.88. The molecule has 0 radical (unpaired) electrons. The van der Waals surface area contributed by atoms with Gasteiger partial charge in [-0.25, -0.2) is 0 Å². The van der Waals surface area contributed by atoms with Crippen LogP contribution in [-0.4, -0.2) is 5.11 Å². The molecule has 1 heterocycles. The Bertz CT molecular complexity index is 203. The van der Waals surface area contributed by atoms with Gasteiger partial charge in [0.1, 0.15) is 0 Å². The number of rotatable bonds is 1. The van der Waals surface area contributed by atoms with Crippen LogP contribution in [0.15, 0.2) is 5.38 Å². The van der Waals surface area contributed by atoms with E-state index in [-0.39, 0.29) is 6.61 Å². The summed E-state index contributed by atoms with van der Waals surface area (Å²) in [5, 5.41) is 10.7. The molecule has 50 valence electrons. The minimum absolute atomic E-state index is 0.177. The monoisotopic (exact) mass is 142 g/mol. The number of thiophene rings is 1. The molecular weight excluding hydrogens is 132 g/mol. The van der Waals surface area contributed by atoms with Crippen molar-refractivity contribution >= 4 is 11.3 Å². The second-order valence-corrected chi connectivity index (χ2v) is 3.18. The number of hydrogen-bond acceptors (Lipinski definition) is 2. The third-order valence-corrected chi connectivity index (χ3v) is 2.62. The Balaban J connectivity index is 3.04. The minimum atomic E-state index is 0.177. The van der Waals surface area contributed by atoms with E-state index in [0.29, 0.717) is 0 Å². The van der Waals surface area contributed by atoms with E-state index in [1.165, 1.54) is 10.4 Å². The molecule has 0 spiro atoms. The van der Waals surface area contributed by atoms with Crippen LogP contribution in [0.25, 0.3) is 0 Å². The third kappa shape index (κ3) is 1.14. The van der Waals surface area contributed by atoms with Gasteiger partial charge in [-0.2, -0.15) is 0 Å². The van der Waals surface area contributed by atoms with Crippen LogP contribution in [-0.2, 0) is 6.61 Å². The van der Waals surface area contributed by atoms with E-state index in [2.05, 4.69) is 6.92 Å². The lowest BCUT2D eigenvalue weighted by atomic mass is 10.2. The Labute approximate surface area is 59.0 Å². The van der Waals surface area contributed by atoms with Gasteiger partial charge in [-0.05, 0) is 30.4 Å². The highest BCUT2D eigenvalue weighted by atomic mass is 32.1. The summed E-state index contributed by atoms with van der Waals surface area (Å²) in [7, 11) is 0. The molecule has 1 N–H and O–H groups in total. The van der Waals surface area contributed by atoms with Crippen molar-refractivity contribution < 1.29 is 5.11 Å². The molecule has 1 rings (SSSR count). The smallest absolute Gasteiger partial charge is 0.0692 e. The lowest BCUT2D eigenvalue weighted by molar-refractivity contribution is 0.281. The van der Waals surface area contributed by atoms with Gasteiger partial charge in [0.15, 0.2) is 0 Å². The molecule has 0 saturated heterocycles. The van der Waals surface area contributed by atoms with Crippen molar-refractivity contribution in [3.63, 3.8) is 0 Å². The molecule has 0 aliphatic carbocycles. The zero-order valence-corrected chi connectivity index (χ0v) is 6.46. The first-order chi connectivity index (χ1) is 4.25. The summed E-state index contributed by atoms with van der Waals surface area (Å²) in [6.45, 7) is 4.28. The van der Waals surface area contributed by atoms with Gasteiger partial charge in [0.2, 0.25) is 0 Å². The summed E-state index contributed by atoms with van der Waals surface area (Å²) >= 11 is 1.70. The molecule has 0 unspecified atom stereocenters. The van der Waals surface area contributed by atoms with Crippen molar-refractivity contribution in [1.82, 2.24) is 0 Å². The molecule has 0 saturated carbocycles. The first kappa shape index (κ1) is 6.78. The van der Waals surface area contributed by atoms with E-state index in [1.54, 1.807) is 11.3 Å². The van der Waals surface area contributed by atoms with Gasteiger partial charge in [-0.15, -0.1) is 11.3 Å². The molecule has 1 aromatic heterocycles. The maximum Gasteiger partial charge on any atom is 0.0692 e. The lowest BCUT2D eigenvalue weighted by Gasteiger charge is -1.91. The Morgan fingerprint density at radius 3 is 2.44 bits per heavy atom. The minimum Gasteiger partial charge on any atom is -0.392 e. The van der Waals surface area contributed by atoms with Crippen LogP contribution in [0.5, 0.6) is 0 Å². The van der Waals surface area contributed by atoms with E-state index in [0.717, 1.165) is 5.56 Å². The van der Waals surface area contributed by atoms with Crippen LogP contribution < -0.4 is 0 Å². The fourth-order valence-electron chi connectivity index (χ4n) is 0.718. The summed E-state index contributed by atoms with van der Waals surface area (Å²) in [5.74, 6) is 0. The van der Waals surface area contributed by atoms with Gasteiger partial charge in [-0.3, -0.25) is 0 Å². The summed E-state index contributed by atoms with van der Waals surface area (Å²) < 4.78 is 0. The van der Waals surface area contributed by atoms with Crippen molar-refractivity contribution in [2.24, 2.45) is 0 Å². The van der Waals surface area contributed by atoms with Crippen molar-refractivity contribution in [2.45, 2.75) is 20.5 Å². The first-order valence-corrected chi connectivity index (χ1v) is 3.78. The average molecular weight is 142 g/mol. The molecule has 1 nitrogen and oxygen atoms in total. The van der Waals surface area contributed by atoms with Crippen LogP contribution in [0.3, 0.4) is 0 Å². The molecule has 0 bridgehead atoms. The van der Waals surface area contributed by atoms with Crippen molar-refractivity contribution in [1.29, 1.82) is 0 Å². The highest BCUT2D eigenvalue weighted by Crippen LogP contribution is 2.19. The van der Waals surface area contributed by atoms with Crippen molar-refractivity contribution in [3.05, 3.63) is 21.4 Å². The quantitative estimate of drug-likeness (QED) is 0.634. The number of hydrogen-bond donors (Lipinski definition) is 1. The molecule has 0 aromatic carbocycles. The van der Waals surface area contributed by atoms with Crippen LogP contribution in [0, 0.1) is 13.8 Å². The maximum atomic E-state index is 8.74. The Morgan fingerprint density at radius 2 is 2.22 bits per heavy atom. The fraction of sp³-hybridized carbons (Fsp3) is 0.429. The van der Waals surface area contributed by atoms with Crippen LogP contribution in [0.4, 0.5) is 0 Å². The second-order valence-electron chi connectivity index (χ2n) is 2.10. The zero-order chi connectivity index (χ0) is 6.85. The Hall–Kier alpha value is -0.340. The lowest BCUT2D eigenvalue weighted by Crippen LogP contribution is -1.81. The number of aryl methyl sites for hydroxylation is 1. The molecular formula is C7H10OS. The van der Waals surface area contributed by atoms with Gasteiger partial charge in [0, 0.05) is 4.88 Å². The van der Waals surface area contributed by atoms with E-state index >= 15 is 0 Å². The number of aliphatic hydroxyl groups is 1. The topological polar surface area (TPSA) is 20.2 Å². The van der Waals surface area contributed by atoms with Gasteiger partial charge in [-0.1, -0.05) is 0 Å². The molecule has 0 aliphatic heterocycles. The van der Waals surface area contributed by atoms with Gasteiger partial charge < -0.3 is 5.11 Å². The van der Waals surface area contributed by atoms with Crippen LogP contribution >= 0.6 is 11.3 Å². The maximum absolute atomic E-state index is 8.74. The van der Waals surface area contributed by atoms with Gasteiger partial charge in [0.25, 0.3) is 0 Å². The van der Waals surface area contributed by atoms with Crippen molar-refractivity contribution in [2.75, 3.05) is 0 Å². The molecule has 0 aliphatic rings.